The number of thioether (sulfide) groups is 1. The van der Waals surface area contributed by atoms with Crippen molar-refractivity contribution >= 4 is 39.0 Å². The van der Waals surface area contributed by atoms with E-state index in [4.69, 9.17) is 19.2 Å². The average Bonchev–Trinajstić information content (AvgIpc) is 3.46. The van der Waals surface area contributed by atoms with Gasteiger partial charge in [0, 0.05) is 17.1 Å². The second-order valence-electron chi connectivity index (χ2n) is 7.88. The highest BCUT2D eigenvalue weighted by atomic mass is 32.2. The first-order valence-corrected chi connectivity index (χ1v) is 11.7. The molecule has 5 heterocycles. The molecule has 9 heteroatoms. The maximum absolute atomic E-state index is 6.05. The Morgan fingerprint density at radius 3 is 3.03 bits per heavy atom. The van der Waals surface area contributed by atoms with Crippen LogP contribution in [-0.2, 0) is 23.5 Å². The monoisotopic (exact) mass is 440 g/mol. The van der Waals surface area contributed by atoms with E-state index >= 15 is 0 Å². The summed E-state index contributed by atoms with van der Waals surface area (Å²) >= 11 is 3.35. The van der Waals surface area contributed by atoms with Crippen molar-refractivity contribution in [3.63, 3.8) is 0 Å². The predicted molar refractivity (Wildman–Crippen MR) is 115 cm³/mol. The fraction of sp³-hybridized carbons (Fsp3) is 0.381. The number of benzene rings is 1. The highest BCUT2D eigenvalue weighted by Crippen LogP contribution is 2.39. The van der Waals surface area contributed by atoms with Gasteiger partial charge < -0.3 is 14.2 Å². The van der Waals surface area contributed by atoms with E-state index in [2.05, 4.69) is 30.1 Å². The first-order chi connectivity index (χ1) is 14.7. The summed E-state index contributed by atoms with van der Waals surface area (Å²) in [7, 11) is 0. The molecule has 3 aromatic heterocycles. The van der Waals surface area contributed by atoms with E-state index < -0.39 is 0 Å². The zero-order valence-electron chi connectivity index (χ0n) is 16.6. The van der Waals surface area contributed by atoms with Crippen molar-refractivity contribution in [1.82, 2.24) is 19.6 Å². The summed E-state index contributed by atoms with van der Waals surface area (Å²) in [6.07, 6.45) is 2.97. The van der Waals surface area contributed by atoms with Gasteiger partial charge in [-0.1, -0.05) is 31.7 Å². The van der Waals surface area contributed by atoms with Crippen molar-refractivity contribution in [2.24, 2.45) is 5.92 Å². The van der Waals surface area contributed by atoms with Crippen LogP contribution >= 0.6 is 23.1 Å². The summed E-state index contributed by atoms with van der Waals surface area (Å²) in [4.78, 5) is 6.99. The van der Waals surface area contributed by atoms with Gasteiger partial charge in [-0.2, -0.15) is 0 Å². The van der Waals surface area contributed by atoms with Crippen LogP contribution in [0.4, 0.5) is 0 Å². The fourth-order valence-electron chi connectivity index (χ4n) is 3.96. The number of hydrogen-bond acceptors (Lipinski definition) is 8. The highest BCUT2D eigenvalue weighted by Gasteiger charge is 2.28. The van der Waals surface area contributed by atoms with Gasteiger partial charge >= 0.3 is 0 Å². The van der Waals surface area contributed by atoms with Gasteiger partial charge in [0.2, 0.25) is 6.79 Å². The normalized spacial score (nSPS) is 17.9. The summed E-state index contributed by atoms with van der Waals surface area (Å²) in [6, 6.07) is 6.04. The molecule has 0 aliphatic carbocycles. The van der Waals surface area contributed by atoms with E-state index in [1.54, 1.807) is 23.1 Å². The molecule has 0 saturated carbocycles. The standard InChI is InChI=1S/C21H20N4O3S2/c1-11(2)15-6-13-17(7-26-15)30-20-18(13)19-23-24-21(25(19)9-22-20)29-8-12-3-4-14-16(5-12)28-10-27-14/h3-5,9,11,15H,6-8,10H2,1-2H3/t15-/m1/s1. The van der Waals surface area contributed by atoms with E-state index in [-0.39, 0.29) is 12.9 Å². The van der Waals surface area contributed by atoms with Crippen molar-refractivity contribution in [1.29, 1.82) is 0 Å². The molecule has 4 aromatic rings. The number of ether oxygens (including phenoxy) is 3. The Labute approximate surface area is 181 Å². The van der Waals surface area contributed by atoms with Gasteiger partial charge in [-0.3, -0.25) is 4.40 Å². The van der Waals surface area contributed by atoms with Crippen molar-refractivity contribution in [3.8, 4) is 11.5 Å². The van der Waals surface area contributed by atoms with E-state index in [0.717, 1.165) is 50.3 Å². The summed E-state index contributed by atoms with van der Waals surface area (Å²) in [5, 5.41) is 11.0. The van der Waals surface area contributed by atoms with Gasteiger partial charge in [-0.25, -0.2) is 4.98 Å². The number of hydrogen-bond donors (Lipinski definition) is 0. The summed E-state index contributed by atoms with van der Waals surface area (Å²) in [6.45, 7) is 5.36. The molecule has 0 radical (unpaired) electrons. The number of rotatable bonds is 4. The second kappa shape index (κ2) is 7.11. The van der Waals surface area contributed by atoms with Crippen molar-refractivity contribution in [2.75, 3.05) is 6.79 Å². The Balaban J connectivity index is 1.33. The smallest absolute Gasteiger partial charge is 0.231 e. The molecule has 2 aliphatic heterocycles. The lowest BCUT2D eigenvalue weighted by atomic mass is 9.96. The third-order valence-corrected chi connectivity index (χ3v) is 7.76. The summed E-state index contributed by atoms with van der Waals surface area (Å²) in [5.41, 5.74) is 3.37. The van der Waals surface area contributed by atoms with E-state index in [0.29, 0.717) is 12.5 Å². The van der Waals surface area contributed by atoms with E-state index in [1.165, 1.54) is 10.4 Å². The van der Waals surface area contributed by atoms with Crippen molar-refractivity contribution in [2.45, 2.75) is 43.9 Å². The molecule has 30 heavy (non-hydrogen) atoms. The molecule has 6 rings (SSSR count). The number of fused-ring (bicyclic) bond motifs is 6. The molecule has 0 bridgehead atoms. The first-order valence-electron chi connectivity index (χ1n) is 9.94. The Morgan fingerprint density at radius 2 is 2.13 bits per heavy atom. The lowest BCUT2D eigenvalue weighted by molar-refractivity contribution is 0.00203. The summed E-state index contributed by atoms with van der Waals surface area (Å²) in [5.74, 6) is 2.84. The second-order valence-corrected chi connectivity index (χ2v) is 9.90. The number of thiophene rings is 1. The van der Waals surface area contributed by atoms with Crippen LogP contribution in [0, 0.1) is 5.92 Å². The first kappa shape index (κ1) is 18.4. The molecule has 2 aliphatic rings. The highest BCUT2D eigenvalue weighted by molar-refractivity contribution is 7.98. The lowest BCUT2D eigenvalue weighted by Crippen LogP contribution is -2.26. The average molecular weight is 441 g/mol. The number of aromatic nitrogens is 4. The van der Waals surface area contributed by atoms with Crippen LogP contribution in [-0.4, -0.2) is 32.5 Å². The maximum Gasteiger partial charge on any atom is 0.231 e. The molecule has 0 amide bonds. The van der Waals surface area contributed by atoms with Gasteiger partial charge in [0.25, 0.3) is 0 Å². The van der Waals surface area contributed by atoms with Crippen LogP contribution in [0.1, 0.15) is 29.9 Å². The van der Waals surface area contributed by atoms with Crippen molar-refractivity contribution < 1.29 is 14.2 Å². The topological polar surface area (TPSA) is 70.8 Å². The lowest BCUT2D eigenvalue weighted by Gasteiger charge is -2.26. The Morgan fingerprint density at radius 1 is 1.23 bits per heavy atom. The Hall–Kier alpha value is -2.36. The predicted octanol–water partition coefficient (Wildman–Crippen LogP) is 4.46. The zero-order chi connectivity index (χ0) is 20.2. The van der Waals surface area contributed by atoms with Crippen LogP contribution < -0.4 is 9.47 Å². The third-order valence-electron chi connectivity index (χ3n) is 5.63. The van der Waals surface area contributed by atoms with Crippen molar-refractivity contribution in [3.05, 3.63) is 40.5 Å². The molecular formula is C21H20N4O3S2. The Kier molecular flexibility index (Phi) is 4.36. The van der Waals surface area contributed by atoms with Crippen LogP contribution in [0.2, 0.25) is 0 Å². The fourth-order valence-corrected chi connectivity index (χ4v) is 5.89. The minimum Gasteiger partial charge on any atom is -0.454 e. The molecule has 154 valence electrons. The SMILES string of the molecule is CC(C)[C@H]1Cc2c(sc3ncn4c(SCc5ccc6c(c5)OCO6)nnc4c23)CO1. The molecule has 1 aromatic carbocycles. The third kappa shape index (κ3) is 2.95. The molecule has 1 atom stereocenters. The Bertz CT molecular complexity index is 1270. The molecule has 0 N–H and O–H groups in total. The van der Waals surface area contributed by atoms with Gasteiger partial charge in [-0.15, -0.1) is 21.5 Å². The zero-order valence-corrected chi connectivity index (χ0v) is 18.3. The minimum atomic E-state index is 0.235. The molecule has 0 unspecified atom stereocenters. The van der Waals surface area contributed by atoms with Crippen LogP contribution in [0.15, 0.2) is 29.7 Å². The van der Waals surface area contributed by atoms with Gasteiger partial charge in [-0.05, 0) is 29.2 Å². The molecule has 7 nitrogen and oxygen atoms in total. The molecule has 0 saturated heterocycles. The largest absolute Gasteiger partial charge is 0.454 e. The minimum absolute atomic E-state index is 0.235. The van der Waals surface area contributed by atoms with Gasteiger partial charge in [0.1, 0.15) is 11.2 Å². The van der Waals surface area contributed by atoms with Gasteiger partial charge in [0.15, 0.2) is 22.3 Å². The summed E-state index contributed by atoms with van der Waals surface area (Å²) < 4.78 is 18.9. The van der Waals surface area contributed by atoms with Gasteiger partial charge in [0.05, 0.1) is 18.1 Å². The molecular weight excluding hydrogens is 420 g/mol. The van der Waals surface area contributed by atoms with Crippen LogP contribution in [0.25, 0.3) is 15.9 Å². The molecule has 0 spiro atoms. The maximum atomic E-state index is 6.05. The van der Waals surface area contributed by atoms with Crippen LogP contribution in [0.3, 0.4) is 0 Å². The van der Waals surface area contributed by atoms with Crippen LogP contribution in [0.5, 0.6) is 11.5 Å². The molecule has 0 fully saturated rings. The quantitative estimate of drug-likeness (QED) is 0.434. The van der Waals surface area contributed by atoms with E-state index in [1.807, 2.05) is 22.9 Å². The number of nitrogens with zero attached hydrogens (tertiary/aromatic N) is 4. The van der Waals surface area contributed by atoms with E-state index in [9.17, 15) is 0 Å².